The van der Waals surface area contributed by atoms with Crippen LogP contribution in [0.3, 0.4) is 0 Å². The quantitative estimate of drug-likeness (QED) is 0.741. The molecule has 3 nitrogen and oxygen atoms in total. The van der Waals surface area contributed by atoms with Crippen LogP contribution in [0.2, 0.25) is 0 Å². The summed E-state index contributed by atoms with van der Waals surface area (Å²) < 4.78 is 0. The molecule has 0 amide bonds. The van der Waals surface area contributed by atoms with Crippen molar-refractivity contribution in [2.75, 3.05) is 6.54 Å². The van der Waals surface area contributed by atoms with E-state index in [1.165, 1.54) is 22.0 Å². The maximum absolute atomic E-state index is 4.16. The van der Waals surface area contributed by atoms with Crippen molar-refractivity contribution in [2.24, 2.45) is 0 Å². The molecule has 0 saturated heterocycles. The molecule has 2 heterocycles. The number of pyridine rings is 1. The predicted molar refractivity (Wildman–Crippen MR) is 82.7 cm³/mol. The second-order valence-corrected chi connectivity index (χ2v) is 5.07. The van der Waals surface area contributed by atoms with Crippen molar-refractivity contribution >= 4 is 10.9 Å². The minimum absolute atomic E-state index is 0.328. The van der Waals surface area contributed by atoms with Gasteiger partial charge in [0, 0.05) is 35.5 Å². The molecule has 2 N–H and O–H groups in total. The molecule has 0 aliphatic carbocycles. The normalized spacial score (nSPS) is 12.7. The summed E-state index contributed by atoms with van der Waals surface area (Å²) in [6.45, 7) is 3.13. The molecule has 0 saturated carbocycles. The highest BCUT2D eigenvalue weighted by atomic mass is 14.9. The third-order valence-electron chi connectivity index (χ3n) is 3.70. The fourth-order valence-electron chi connectivity index (χ4n) is 2.51. The monoisotopic (exact) mass is 265 g/mol. The van der Waals surface area contributed by atoms with Crippen LogP contribution in [-0.4, -0.2) is 16.5 Å². The molecule has 3 rings (SSSR count). The van der Waals surface area contributed by atoms with Gasteiger partial charge in [-0.05, 0) is 43.1 Å². The number of hydrogen-bond donors (Lipinski definition) is 2. The molecule has 1 atom stereocenters. The fraction of sp³-hybridized carbons (Fsp3) is 0.235. The Morgan fingerprint density at radius 1 is 1.20 bits per heavy atom. The highest BCUT2D eigenvalue weighted by Gasteiger charge is 2.06. The Balaban J connectivity index is 1.60. The van der Waals surface area contributed by atoms with E-state index in [2.05, 4.69) is 58.7 Å². The van der Waals surface area contributed by atoms with Crippen molar-refractivity contribution < 1.29 is 0 Å². The van der Waals surface area contributed by atoms with Crippen LogP contribution in [0.5, 0.6) is 0 Å². The van der Waals surface area contributed by atoms with Gasteiger partial charge in [-0.15, -0.1) is 0 Å². The minimum Gasteiger partial charge on any atom is -0.361 e. The van der Waals surface area contributed by atoms with Gasteiger partial charge in [-0.1, -0.05) is 24.3 Å². The average Bonchev–Trinajstić information content (AvgIpc) is 2.92. The lowest BCUT2D eigenvalue weighted by molar-refractivity contribution is 0.576. The van der Waals surface area contributed by atoms with Gasteiger partial charge in [0.1, 0.15) is 0 Å². The number of hydrogen-bond acceptors (Lipinski definition) is 2. The predicted octanol–water partition coefficient (Wildman–Crippen LogP) is 3.46. The van der Waals surface area contributed by atoms with Crippen molar-refractivity contribution in [1.29, 1.82) is 0 Å². The summed E-state index contributed by atoms with van der Waals surface area (Å²) >= 11 is 0. The van der Waals surface area contributed by atoms with Gasteiger partial charge in [0.2, 0.25) is 0 Å². The lowest BCUT2D eigenvalue weighted by Gasteiger charge is -2.13. The molecule has 2 aromatic heterocycles. The molecule has 0 unspecified atom stereocenters. The van der Waals surface area contributed by atoms with E-state index in [-0.39, 0.29) is 0 Å². The summed E-state index contributed by atoms with van der Waals surface area (Å²) in [7, 11) is 0. The Morgan fingerprint density at radius 2 is 2.10 bits per heavy atom. The second-order valence-electron chi connectivity index (χ2n) is 5.07. The molecular formula is C17H19N3. The largest absolute Gasteiger partial charge is 0.361 e. The third kappa shape index (κ3) is 2.73. The SMILES string of the molecule is C[C@@H](NCCc1c[nH]c2ccccc12)c1cccnc1. The number of para-hydroxylation sites is 1. The Bertz CT molecular complexity index is 673. The lowest BCUT2D eigenvalue weighted by atomic mass is 10.1. The van der Waals surface area contributed by atoms with Crippen LogP contribution in [0.4, 0.5) is 0 Å². The van der Waals surface area contributed by atoms with Gasteiger partial charge < -0.3 is 10.3 Å². The molecular weight excluding hydrogens is 246 g/mol. The number of aromatic amines is 1. The summed E-state index contributed by atoms with van der Waals surface area (Å²) in [5.74, 6) is 0. The number of nitrogens with zero attached hydrogens (tertiary/aromatic N) is 1. The molecule has 3 heteroatoms. The smallest absolute Gasteiger partial charge is 0.0456 e. The maximum atomic E-state index is 4.16. The number of aromatic nitrogens is 2. The first-order chi connectivity index (χ1) is 9.84. The van der Waals surface area contributed by atoms with E-state index in [0.29, 0.717) is 6.04 Å². The topological polar surface area (TPSA) is 40.7 Å². The molecule has 0 bridgehead atoms. The molecule has 0 radical (unpaired) electrons. The molecule has 0 fully saturated rings. The van der Waals surface area contributed by atoms with Gasteiger partial charge in [0.25, 0.3) is 0 Å². The zero-order chi connectivity index (χ0) is 13.8. The minimum atomic E-state index is 0.328. The highest BCUT2D eigenvalue weighted by Crippen LogP contribution is 2.18. The van der Waals surface area contributed by atoms with Crippen LogP contribution >= 0.6 is 0 Å². The van der Waals surface area contributed by atoms with E-state index in [0.717, 1.165) is 13.0 Å². The highest BCUT2D eigenvalue weighted by molar-refractivity contribution is 5.83. The fourth-order valence-corrected chi connectivity index (χ4v) is 2.51. The standard InChI is InChI=1S/C17H19N3/c1-13(14-5-4-9-18-11-14)19-10-8-15-12-20-17-7-3-2-6-16(15)17/h2-7,9,11-13,19-20H,8,10H2,1H3/t13-/m1/s1. The van der Waals surface area contributed by atoms with Gasteiger partial charge in [0.15, 0.2) is 0 Å². The Kier molecular flexibility index (Phi) is 3.79. The van der Waals surface area contributed by atoms with Crippen LogP contribution in [0.25, 0.3) is 10.9 Å². The number of rotatable bonds is 5. The molecule has 0 spiro atoms. The average molecular weight is 265 g/mol. The van der Waals surface area contributed by atoms with Crippen LogP contribution in [-0.2, 0) is 6.42 Å². The van der Waals surface area contributed by atoms with Gasteiger partial charge in [-0.2, -0.15) is 0 Å². The van der Waals surface area contributed by atoms with E-state index in [4.69, 9.17) is 0 Å². The Hall–Kier alpha value is -2.13. The van der Waals surface area contributed by atoms with E-state index >= 15 is 0 Å². The summed E-state index contributed by atoms with van der Waals surface area (Å²) in [5.41, 5.74) is 3.81. The zero-order valence-corrected chi connectivity index (χ0v) is 11.6. The van der Waals surface area contributed by atoms with Crippen LogP contribution < -0.4 is 5.32 Å². The van der Waals surface area contributed by atoms with Gasteiger partial charge in [0.05, 0.1) is 0 Å². The van der Waals surface area contributed by atoms with Crippen LogP contribution in [0.15, 0.2) is 55.0 Å². The van der Waals surface area contributed by atoms with Crippen molar-refractivity contribution in [3.8, 4) is 0 Å². The summed E-state index contributed by atoms with van der Waals surface area (Å²) in [6, 6.07) is 12.9. The Labute approximate surface area is 119 Å². The van der Waals surface area contributed by atoms with E-state index in [1.807, 2.05) is 18.5 Å². The van der Waals surface area contributed by atoms with Gasteiger partial charge >= 0.3 is 0 Å². The van der Waals surface area contributed by atoms with E-state index in [1.54, 1.807) is 0 Å². The summed E-state index contributed by atoms with van der Waals surface area (Å²) in [6.07, 6.45) is 6.86. The molecule has 1 aromatic carbocycles. The lowest BCUT2D eigenvalue weighted by Crippen LogP contribution is -2.21. The van der Waals surface area contributed by atoms with Gasteiger partial charge in [-0.25, -0.2) is 0 Å². The molecule has 20 heavy (non-hydrogen) atoms. The number of nitrogens with one attached hydrogen (secondary N) is 2. The summed E-state index contributed by atoms with van der Waals surface area (Å²) in [4.78, 5) is 7.48. The first-order valence-electron chi connectivity index (χ1n) is 7.03. The van der Waals surface area contributed by atoms with Crippen molar-refractivity contribution in [1.82, 2.24) is 15.3 Å². The molecule has 102 valence electrons. The molecule has 0 aliphatic rings. The second kappa shape index (κ2) is 5.88. The first kappa shape index (κ1) is 12.9. The van der Waals surface area contributed by atoms with E-state index < -0.39 is 0 Å². The van der Waals surface area contributed by atoms with Crippen LogP contribution in [0, 0.1) is 0 Å². The van der Waals surface area contributed by atoms with Crippen molar-refractivity contribution in [3.05, 3.63) is 66.1 Å². The number of fused-ring (bicyclic) bond motifs is 1. The van der Waals surface area contributed by atoms with Crippen molar-refractivity contribution in [3.63, 3.8) is 0 Å². The van der Waals surface area contributed by atoms with Gasteiger partial charge in [-0.3, -0.25) is 4.98 Å². The van der Waals surface area contributed by atoms with E-state index in [9.17, 15) is 0 Å². The summed E-state index contributed by atoms with van der Waals surface area (Å²) in [5, 5.41) is 4.87. The molecule has 0 aliphatic heterocycles. The number of H-pyrrole nitrogens is 1. The maximum Gasteiger partial charge on any atom is 0.0456 e. The van der Waals surface area contributed by atoms with Crippen LogP contribution in [0.1, 0.15) is 24.1 Å². The third-order valence-corrected chi connectivity index (χ3v) is 3.70. The molecule has 3 aromatic rings. The number of benzene rings is 1. The van der Waals surface area contributed by atoms with Crippen molar-refractivity contribution in [2.45, 2.75) is 19.4 Å². The Morgan fingerprint density at radius 3 is 2.95 bits per heavy atom. The first-order valence-corrected chi connectivity index (χ1v) is 7.03. The zero-order valence-electron chi connectivity index (χ0n) is 11.6.